The number of alkyl halides is 3. The van der Waals surface area contributed by atoms with Crippen LogP contribution in [0, 0.1) is 0 Å². The first-order valence-corrected chi connectivity index (χ1v) is 10.8. The van der Waals surface area contributed by atoms with E-state index in [0.29, 0.717) is 50.2 Å². The second-order valence-corrected chi connectivity index (χ2v) is 8.24. The van der Waals surface area contributed by atoms with E-state index in [2.05, 4.69) is 19.9 Å². The number of piperazine rings is 1. The number of fused-ring (bicyclic) bond motifs is 2. The van der Waals surface area contributed by atoms with Crippen LogP contribution in [0.15, 0.2) is 47.7 Å². The molecule has 4 aromatic rings. The van der Waals surface area contributed by atoms with Crippen molar-refractivity contribution in [3.05, 3.63) is 70.0 Å². The minimum Gasteiger partial charge on any atom is -0.367 e. The van der Waals surface area contributed by atoms with Gasteiger partial charge in [-0.2, -0.15) is 13.2 Å². The zero-order valence-corrected chi connectivity index (χ0v) is 18.1. The molecule has 1 aliphatic rings. The summed E-state index contributed by atoms with van der Waals surface area (Å²) in [6, 6.07) is 6.85. The maximum Gasteiger partial charge on any atom is 0.433 e. The van der Waals surface area contributed by atoms with Crippen molar-refractivity contribution in [3.63, 3.8) is 0 Å². The highest BCUT2D eigenvalue weighted by Gasteiger charge is 2.38. The van der Waals surface area contributed by atoms with Gasteiger partial charge in [0, 0.05) is 56.9 Å². The summed E-state index contributed by atoms with van der Waals surface area (Å²) in [5.41, 5.74) is 2.74. The van der Waals surface area contributed by atoms with Crippen LogP contribution in [0.4, 0.5) is 18.9 Å². The van der Waals surface area contributed by atoms with E-state index in [1.807, 2.05) is 19.1 Å². The molecule has 0 aliphatic carbocycles. The second-order valence-electron chi connectivity index (χ2n) is 8.24. The number of halogens is 3. The van der Waals surface area contributed by atoms with Crippen molar-refractivity contribution in [3.8, 4) is 0 Å². The van der Waals surface area contributed by atoms with E-state index in [1.165, 1.54) is 18.5 Å². The number of aryl methyl sites for hydroxylation is 1. The van der Waals surface area contributed by atoms with Gasteiger partial charge in [-0.1, -0.05) is 6.92 Å². The Bertz CT molecular complexity index is 1370. The molecule has 10 heteroatoms. The van der Waals surface area contributed by atoms with E-state index < -0.39 is 11.9 Å². The molecule has 0 radical (unpaired) electrons. The lowest BCUT2D eigenvalue weighted by Crippen LogP contribution is -2.46. The third-order valence-electron chi connectivity index (χ3n) is 6.14. The van der Waals surface area contributed by atoms with Crippen LogP contribution < -0.4 is 10.5 Å². The normalized spacial score (nSPS) is 15.6. The zero-order chi connectivity index (χ0) is 23.2. The number of hydrogen-bond donors (Lipinski definition) is 1. The summed E-state index contributed by atoms with van der Waals surface area (Å²) in [4.78, 5) is 27.4. The average molecular weight is 456 g/mol. The summed E-state index contributed by atoms with van der Waals surface area (Å²) in [5.74, 6) is 0. The first-order chi connectivity index (χ1) is 15.8. The fourth-order valence-corrected chi connectivity index (χ4v) is 4.44. The van der Waals surface area contributed by atoms with Crippen molar-refractivity contribution in [1.29, 1.82) is 0 Å². The van der Waals surface area contributed by atoms with Crippen molar-refractivity contribution in [2.45, 2.75) is 26.1 Å². The number of aromatic nitrogens is 4. The molecule has 1 saturated heterocycles. The Morgan fingerprint density at radius 1 is 1.09 bits per heavy atom. The number of aromatic amines is 1. The number of nitrogens with one attached hydrogen (secondary N) is 1. The maximum absolute atomic E-state index is 13.9. The Labute approximate surface area is 187 Å². The number of hydrogen-bond acceptors (Lipinski definition) is 5. The Balaban J connectivity index is 1.32. The van der Waals surface area contributed by atoms with E-state index in [4.69, 9.17) is 0 Å². The third kappa shape index (κ3) is 4.06. The Morgan fingerprint density at radius 3 is 2.61 bits per heavy atom. The van der Waals surface area contributed by atoms with Gasteiger partial charge < -0.3 is 9.88 Å². The minimum atomic E-state index is -4.49. The van der Waals surface area contributed by atoms with Gasteiger partial charge in [-0.05, 0) is 36.2 Å². The molecule has 0 unspecified atom stereocenters. The molecule has 1 N–H and O–H groups in total. The number of nitrogens with zero attached hydrogens (tertiary/aromatic N) is 5. The van der Waals surface area contributed by atoms with Gasteiger partial charge in [0.2, 0.25) is 0 Å². The van der Waals surface area contributed by atoms with Crippen LogP contribution in [0.3, 0.4) is 0 Å². The van der Waals surface area contributed by atoms with Crippen LogP contribution in [0.2, 0.25) is 0 Å². The SMILES string of the molecule is CCc1cc2ncc(CN3CCN(c4ccc5nccn5c4C(F)(F)F)CC3)cc2[nH]c1=O. The van der Waals surface area contributed by atoms with E-state index in [0.717, 1.165) is 15.5 Å². The summed E-state index contributed by atoms with van der Waals surface area (Å²) in [6.07, 6.45) is 0.667. The summed E-state index contributed by atoms with van der Waals surface area (Å²) >= 11 is 0. The molecule has 4 aromatic heterocycles. The zero-order valence-electron chi connectivity index (χ0n) is 18.1. The first kappa shape index (κ1) is 21.4. The fourth-order valence-electron chi connectivity index (χ4n) is 4.44. The molecule has 0 amide bonds. The van der Waals surface area contributed by atoms with E-state index >= 15 is 0 Å². The molecule has 33 heavy (non-hydrogen) atoms. The van der Waals surface area contributed by atoms with Crippen LogP contribution in [-0.4, -0.2) is 50.4 Å². The predicted octanol–water partition coefficient (Wildman–Crippen LogP) is 3.47. The number of anilines is 1. The van der Waals surface area contributed by atoms with Crippen molar-refractivity contribution in [2.75, 3.05) is 31.1 Å². The van der Waals surface area contributed by atoms with E-state index in [9.17, 15) is 18.0 Å². The second kappa shape index (κ2) is 8.18. The van der Waals surface area contributed by atoms with Gasteiger partial charge in [0.1, 0.15) is 5.65 Å². The lowest BCUT2D eigenvalue weighted by molar-refractivity contribution is -0.141. The Kier molecular flexibility index (Phi) is 5.32. The highest BCUT2D eigenvalue weighted by atomic mass is 19.4. The number of imidazole rings is 1. The maximum atomic E-state index is 13.9. The smallest absolute Gasteiger partial charge is 0.367 e. The third-order valence-corrected chi connectivity index (χ3v) is 6.14. The lowest BCUT2D eigenvalue weighted by atomic mass is 10.1. The van der Waals surface area contributed by atoms with Crippen molar-refractivity contribution >= 4 is 22.4 Å². The van der Waals surface area contributed by atoms with Gasteiger partial charge in [-0.25, -0.2) is 4.98 Å². The number of rotatable bonds is 4. The fraction of sp³-hybridized carbons (Fsp3) is 0.348. The molecule has 0 bridgehead atoms. The van der Waals surface area contributed by atoms with Crippen molar-refractivity contribution in [2.24, 2.45) is 0 Å². The molecule has 5 rings (SSSR count). The highest BCUT2D eigenvalue weighted by molar-refractivity contribution is 5.74. The molecule has 7 nitrogen and oxygen atoms in total. The van der Waals surface area contributed by atoms with Gasteiger partial charge in [-0.3, -0.25) is 19.1 Å². The largest absolute Gasteiger partial charge is 0.433 e. The predicted molar refractivity (Wildman–Crippen MR) is 119 cm³/mol. The summed E-state index contributed by atoms with van der Waals surface area (Å²) < 4.78 is 42.7. The average Bonchev–Trinajstić information content (AvgIpc) is 3.26. The number of H-pyrrole nitrogens is 1. The van der Waals surface area contributed by atoms with Crippen LogP contribution >= 0.6 is 0 Å². The Morgan fingerprint density at radius 2 is 1.88 bits per heavy atom. The molecule has 0 spiro atoms. The molecule has 1 fully saturated rings. The lowest BCUT2D eigenvalue weighted by Gasteiger charge is -2.37. The van der Waals surface area contributed by atoms with Crippen molar-refractivity contribution < 1.29 is 13.2 Å². The molecular weight excluding hydrogens is 433 g/mol. The van der Waals surface area contributed by atoms with Gasteiger partial charge in [0.05, 0.1) is 16.7 Å². The number of pyridine rings is 3. The van der Waals surface area contributed by atoms with Gasteiger partial charge >= 0.3 is 6.18 Å². The van der Waals surface area contributed by atoms with Crippen LogP contribution in [0.5, 0.6) is 0 Å². The quantitative estimate of drug-likeness (QED) is 0.509. The summed E-state index contributed by atoms with van der Waals surface area (Å²) in [7, 11) is 0. The Hall–Kier alpha value is -3.40. The molecule has 0 aromatic carbocycles. The van der Waals surface area contributed by atoms with Crippen molar-refractivity contribution in [1.82, 2.24) is 24.3 Å². The first-order valence-electron chi connectivity index (χ1n) is 10.8. The summed E-state index contributed by atoms with van der Waals surface area (Å²) in [6.45, 7) is 4.71. The van der Waals surface area contributed by atoms with Gasteiger partial charge in [-0.15, -0.1) is 0 Å². The minimum absolute atomic E-state index is 0.104. The molecule has 172 valence electrons. The van der Waals surface area contributed by atoms with Crippen LogP contribution in [-0.2, 0) is 19.1 Å². The monoisotopic (exact) mass is 456 g/mol. The topological polar surface area (TPSA) is 69.5 Å². The summed E-state index contributed by atoms with van der Waals surface area (Å²) in [5, 5.41) is 0. The molecule has 0 saturated carbocycles. The molecule has 0 atom stereocenters. The standard InChI is InChI=1S/C23H23F3N6O/c1-2-16-12-17-18(29-22(16)33)11-15(13-28-17)14-30-7-9-31(10-8-30)19-3-4-20-27-5-6-32(20)21(19)23(24,25)26/h3-6,11-13H,2,7-10,14H2,1H3,(H,29,33). The molecular formula is C23H23F3N6O. The van der Waals surface area contributed by atoms with Gasteiger partial charge in [0.15, 0.2) is 5.69 Å². The van der Waals surface area contributed by atoms with E-state index in [-0.39, 0.29) is 16.9 Å². The van der Waals surface area contributed by atoms with Gasteiger partial charge in [0.25, 0.3) is 5.56 Å². The molecule has 5 heterocycles. The van der Waals surface area contributed by atoms with Crippen LogP contribution in [0.1, 0.15) is 23.7 Å². The highest BCUT2D eigenvalue weighted by Crippen LogP contribution is 2.37. The van der Waals surface area contributed by atoms with Crippen LogP contribution in [0.25, 0.3) is 16.7 Å². The molecule has 1 aliphatic heterocycles. The van der Waals surface area contributed by atoms with E-state index in [1.54, 1.807) is 17.2 Å².